The largest absolute Gasteiger partial charge is 0.345 e. The monoisotopic (exact) mass is 281 g/mol. The van der Waals surface area contributed by atoms with Gasteiger partial charge in [-0.2, -0.15) is 0 Å². The summed E-state index contributed by atoms with van der Waals surface area (Å²) in [6.07, 6.45) is 0. The second kappa shape index (κ2) is 6.57. The first-order valence-corrected chi connectivity index (χ1v) is 7.41. The predicted octanol–water partition coefficient (Wildman–Crippen LogP) is 4.17. The summed E-state index contributed by atoms with van der Waals surface area (Å²) >= 11 is 0. The fourth-order valence-corrected chi connectivity index (χ4v) is 2.44. The normalized spacial score (nSPS) is 12.2. The molecule has 0 heterocycles. The molecular weight excluding hydrogens is 258 g/mol. The Bertz CT molecular complexity index is 617. The van der Waals surface area contributed by atoms with Crippen molar-refractivity contribution in [1.82, 2.24) is 5.32 Å². The van der Waals surface area contributed by atoms with Crippen molar-refractivity contribution in [2.24, 2.45) is 5.92 Å². The van der Waals surface area contributed by atoms with E-state index in [0.29, 0.717) is 0 Å². The van der Waals surface area contributed by atoms with Gasteiger partial charge in [0.1, 0.15) is 0 Å². The Labute approximate surface area is 127 Å². The van der Waals surface area contributed by atoms with Crippen LogP contribution >= 0.6 is 0 Å². The smallest absolute Gasteiger partial charge is 0.223 e. The summed E-state index contributed by atoms with van der Waals surface area (Å²) in [5, 5.41) is 3.17. The van der Waals surface area contributed by atoms with E-state index in [1.165, 1.54) is 11.1 Å². The molecule has 0 spiro atoms. The third-order valence-electron chi connectivity index (χ3n) is 3.68. The average molecular weight is 281 g/mol. The lowest BCUT2D eigenvalue weighted by atomic mass is 9.93. The second-order valence-electron chi connectivity index (χ2n) is 5.87. The molecule has 0 saturated carbocycles. The molecule has 1 amide bonds. The van der Waals surface area contributed by atoms with Crippen molar-refractivity contribution in [3.63, 3.8) is 0 Å². The van der Waals surface area contributed by atoms with Crippen LogP contribution in [0.2, 0.25) is 0 Å². The fourth-order valence-electron chi connectivity index (χ4n) is 2.44. The van der Waals surface area contributed by atoms with Gasteiger partial charge >= 0.3 is 0 Å². The SMILES string of the molecule is Cc1ccc([C@H](NC(=O)C(C)C)c2ccccc2)c(C)c1. The number of aryl methyl sites for hydroxylation is 2. The molecule has 2 aromatic rings. The molecule has 0 aliphatic rings. The summed E-state index contributed by atoms with van der Waals surface area (Å²) in [6, 6.07) is 16.4. The van der Waals surface area contributed by atoms with E-state index in [-0.39, 0.29) is 17.9 Å². The van der Waals surface area contributed by atoms with Crippen LogP contribution in [0.25, 0.3) is 0 Å². The number of nitrogens with one attached hydrogen (secondary N) is 1. The molecule has 0 saturated heterocycles. The van der Waals surface area contributed by atoms with E-state index in [0.717, 1.165) is 11.1 Å². The van der Waals surface area contributed by atoms with E-state index in [2.05, 4.69) is 49.5 Å². The van der Waals surface area contributed by atoms with Crippen molar-refractivity contribution in [2.45, 2.75) is 33.7 Å². The second-order valence-corrected chi connectivity index (χ2v) is 5.87. The Morgan fingerprint density at radius 2 is 1.67 bits per heavy atom. The lowest BCUT2D eigenvalue weighted by molar-refractivity contribution is -0.124. The summed E-state index contributed by atoms with van der Waals surface area (Å²) in [6.45, 7) is 8.01. The van der Waals surface area contributed by atoms with Crippen LogP contribution in [0.1, 0.15) is 42.1 Å². The Kier molecular flexibility index (Phi) is 4.79. The fraction of sp³-hybridized carbons (Fsp3) is 0.316. The van der Waals surface area contributed by atoms with Crippen LogP contribution in [0.4, 0.5) is 0 Å². The molecule has 2 nitrogen and oxygen atoms in total. The number of carbonyl (C=O) groups is 1. The maximum atomic E-state index is 12.2. The highest BCUT2D eigenvalue weighted by atomic mass is 16.1. The quantitative estimate of drug-likeness (QED) is 0.895. The molecule has 0 fully saturated rings. The lowest BCUT2D eigenvalue weighted by Crippen LogP contribution is -2.32. The molecule has 2 rings (SSSR count). The van der Waals surface area contributed by atoms with Gasteiger partial charge in [-0.1, -0.05) is 67.9 Å². The Morgan fingerprint density at radius 3 is 2.24 bits per heavy atom. The molecule has 1 N–H and O–H groups in total. The molecule has 2 heteroatoms. The maximum absolute atomic E-state index is 12.2. The summed E-state index contributed by atoms with van der Waals surface area (Å²) < 4.78 is 0. The first-order valence-electron chi connectivity index (χ1n) is 7.41. The van der Waals surface area contributed by atoms with E-state index in [4.69, 9.17) is 0 Å². The van der Waals surface area contributed by atoms with Crippen molar-refractivity contribution in [2.75, 3.05) is 0 Å². The third kappa shape index (κ3) is 3.72. The molecule has 21 heavy (non-hydrogen) atoms. The molecule has 0 unspecified atom stereocenters. The number of hydrogen-bond donors (Lipinski definition) is 1. The van der Waals surface area contributed by atoms with Gasteiger partial charge in [-0.3, -0.25) is 4.79 Å². The highest BCUT2D eigenvalue weighted by Gasteiger charge is 2.19. The number of benzene rings is 2. The van der Waals surface area contributed by atoms with Gasteiger partial charge in [0.15, 0.2) is 0 Å². The third-order valence-corrected chi connectivity index (χ3v) is 3.68. The van der Waals surface area contributed by atoms with Crippen LogP contribution in [0.15, 0.2) is 48.5 Å². The van der Waals surface area contributed by atoms with Crippen molar-refractivity contribution >= 4 is 5.91 Å². The minimum atomic E-state index is -0.0956. The van der Waals surface area contributed by atoms with Crippen molar-refractivity contribution in [1.29, 1.82) is 0 Å². The number of rotatable bonds is 4. The van der Waals surface area contributed by atoms with Gasteiger partial charge in [-0.15, -0.1) is 0 Å². The standard InChI is InChI=1S/C19H23NO/c1-13(2)19(21)20-18(16-8-6-5-7-9-16)17-11-10-14(3)12-15(17)4/h5-13,18H,1-4H3,(H,20,21)/t18-/m1/s1. The van der Waals surface area contributed by atoms with Gasteiger partial charge in [-0.25, -0.2) is 0 Å². The zero-order chi connectivity index (χ0) is 15.4. The molecule has 1 atom stereocenters. The Morgan fingerprint density at radius 1 is 1.00 bits per heavy atom. The molecular formula is C19H23NO. The van der Waals surface area contributed by atoms with E-state index < -0.39 is 0 Å². The number of carbonyl (C=O) groups excluding carboxylic acids is 1. The summed E-state index contributed by atoms with van der Waals surface area (Å²) in [5.74, 6) is 0.0470. The average Bonchev–Trinajstić information content (AvgIpc) is 2.46. The summed E-state index contributed by atoms with van der Waals surface area (Å²) in [4.78, 5) is 12.2. The lowest BCUT2D eigenvalue weighted by Gasteiger charge is -2.23. The van der Waals surface area contributed by atoms with E-state index >= 15 is 0 Å². The van der Waals surface area contributed by atoms with Gasteiger partial charge in [0.25, 0.3) is 0 Å². The van der Waals surface area contributed by atoms with Crippen LogP contribution < -0.4 is 5.32 Å². The highest BCUT2D eigenvalue weighted by Crippen LogP contribution is 2.26. The molecule has 0 bridgehead atoms. The zero-order valence-electron chi connectivity index (χ0n) is 13.2. The predicted molar refractivity (Wildman–Crippen MR) is 87.2 cm³/mol. The van der Waals surface area contributed by atoms with E-state index in [9.17, 15) is 4.79 Å². The molecule has 0 aliphatic heterocycles. The van der Waals surface area contributed by atoms with Crippen LogP contribution in [-0.2, 0) is 4.79 Å². The van der Waals surface area contributed by atoms with Gasteiger partial charge in [-0.05, 0) is 30.5 Å². The molecule has 0 radical (unpaired) electrons. The van der Waals surface area contributed by atoms with Crippen molar-refractivity contribution in [3.05, 3.63) is 70.8 Å². The van der Waals surface area contributed by atoms with E-state index in [1.54, 1.807) is 0 Å². The summed E-state index contributed by atoms with van der Waals surface area (Å²) in [7, 11) is 0. The minimum Gasteiger partial charge on any atom is -0.345 e. The first kappa shape index (κ1) is 15.3. The summed E-state index contributed by atoms with van der Waals surface area (Å²) in [5.41, 5.74) is 4.70. The zero-order valence-corrected chi connectivity index (χ0v) is 13.2. The number of amides is 1. The Balaban J connectivity index is 2.43. The van der Waals surface area contributed by atoms with Crippen LogP contribution in [0.5, 0.6) is 0 Å². The van der Waals surface area contributed by atoms with Crippen LogP contribution in [0.3, 0.4) is 0 Å². The van der Waals surface area contributed by atoms with Gasteiger partial charge in [0, 0.05) is 5.92 Å². The van der Waals surface area contributed by atoms with Gasteiger partial charge in [0.05, 0.1) is 6.04 Å². The van der Waals surface area contributed by atoms with Gasteiger partial charge < -0.3 is 5.32 Å². The number of hydrogen-bond acceptors (Lipinski definition) is 1. The minimum absolute atomic E-state index is 0.0260. The molecule has 2 aromatic carbocycles. The van der Waals surface area contributed by atoms with Gasteiger partial charge in [0.2, 0.25) is 5.91 Å². The molecule has 0 aromatic heterocycles. The van der Waals surface area contributed by atoms with Crippen LogP contribution in [-0.4, -0.2) is 5.91 Å². The van der Waals surface area contributed by atoms with E-state index in [1.807, 2.05) is 32.0 Å². The highest BCUT2D eigenvalue weighted by molar-refractivity contribution is 5.79. The molecule has 110 valence electrons. The topological polar surface area (TPSA) is 29.1 Å². The Hall–Kier alpha value is -2.09. The first-order chi connectivity index (χ1) is 9.99. The molecule has 0 aliphatic carbocycles. The van der Waals surface area contributed by atoms with Crippen molar-refractivity contribution in [3.8, 4) is 0 Å². The van der Waals surface area contributed by atoms with Crippen molar-refractivity contribution < 1.29 is 4.79 Å². The maximum Gasteiger partial charge on any atom is 0.223 e. The van der Waals surface area contributed by atoms with Crippen LogP contribution in [0, 0.1) is 19.8 Å².